The molecule has 1 fully saturated rings. The van der Waals surface area contributed by atoms with Crippen LogP contribution < -0.4 is 4.90 Å². The largest absolute Gasteiger partial charge is 0.356 e. The van der Waals surface area contributed by atoms with Gasteiger partial charge in [-0.25, -0.2) is 4.98 Å². The van der Waals surface area contributed by atoms with Crippen LogP contribution >= 0.6 is 0 Å². The molecule has 3 heteroatoms. The average molecular weight is 215 g/mol. The summed E-state index contributed by atoms with van der Waals surface area (Å²) in [5.74, 6) is 1.80. The van der Waals surface area contributed by atoms with Crippen LogP contribution in [0.15, 0.2) is 18.2 Å². The van der Waals surface area contributed by atoms with Crippen LogP contribution in [0.25, 0.3) is 0 Å². The number of anilines is 1. The second-order valence-electron chi connectivity index (χ2n) is 4.38. The molecule has 2 rings (SSSR count). The van der Waals surface area contributed by atoms with Crippen molar-refractivity contribution in [2.24, 2.45) is 5.92 Å². The number of nitrogens with zero attached hydrogens (tertiary/aromatic N) is 3. The van der Waals surface area contributed by atoms with Gasteiger partial charge in [0.25, 0.3) is 0 Å². The highest BCUT2D eigenvalue weighted by Gasteiger charge is 2.24. The van der Waals surface area contributed by atoms with Crippen LogP contribution in [0.5, 0.6) is 0 Å². The van der Waals surface area contributed by atoms with Crippen LogP contribution in [-0.4, -0.2) is 18.1 Å². The maximum Gasteiger partial charge on any atom is 0.142 e. The molecular formula is C13H17N3. The van der Waals surface area contributed by atoms with Crippen LogP contribution in [0.4, 0.5) is 5.82 Å². The maximum absolute atomic E-state index is 8.84. The van der Waals surface area contributed by atoms with Crippen molar-refractivity contribution in [2.75, 3.05) is 18.0 Å². The fraction of sp³-hybridized carbons (Fsp3) is 0.538. The topological polar surface area (TPSA) is 39.9 Å². The summed E-state index contributed by atoms with van der Waals surface area (Å²) >= 11 is 0. The van der Waals surface area contributed by atoms with Crippen LogP contribution in [0.3, 0.4) is 0 Å². The Hall–Kier alpha value is -1.56. The Balaban J connectivity index is 2.12. The Labute approximate surface area is 96.7 Å². The Morgan fingerprint density at radius 3 is 2.94 bits per heavy atom. The highest BCUT2D eigenvalue weighted by molar-refractivity contribution is 5.41. The minimum absolute atomic E-state index is 0.509. The molecule has 0 atom stereocenters. The molecule has 1 aliphatic carbocycles. The molecule has 0 aliphatic heterocycles. The SMILES string of the molecule is CCCN(CC1CC1)c1cccc(C#N)n1. The standard InChI is InChI=1S/C13H17N3/c1-2-8-16(10-11-6-7-11)13-5-3-4-12(9-14)15-13/h3-5,11H,2,6-8,10H2,1H3. The van der Waals surface area contributed by atoms with E-state index in [2.05, 4.69) is 22.9 Å². The van der Waals surface area contributed by atoms with Crippen molar-refractivity contribution >= 4 is 5.82 Å². The lowest BCUT2D eigenvalue weighted by Gasteiger charge is -2.23. The van der Waals surface area contributed by atoms with Gasteiger partial charge in [-0.15, -0.1) is 0 Å². The lowest BCUT2D eigenvalue weighted by molar-refractivity contribution is 0.699. The molecule has 0 N–H and O–H groups in total. The summed E-state index contributed by atoms with van der Waals surface area (Å²) < 4.78 is 0. The third-order valence-electron chi connectivity index (χ3n) is 2.84. The Kier molecular flexibility index (Phi) is 3.40. The molecule has 0 radical (unpaired) electrons. The van der Waals surface area contributed by atoms with Gasteiger partial charge in [0.15, 0.2) is 0 Å². The van der Waals surface area contributed by atoms with E-state index in [1.807, 2.05) is 12.1 Å². The fourth-order valence-corrected chi connectivity index (χ4v) is 1.84. The van der Waals surface area contributed by atoms with E-state index in [0.29, 0.717) is 5.69 Å². The molecule has 16 heavy (non-hydrogen) atoms. The first-order valence-electron chi connectivity index (χ1n) is 5.95. The first-order chi connectivity index (χ1) is 7.83. The van der Waals surface area contributed by atoms with Gasteiger partial charge >= 0.3 is 0 Å². The maximum atomic E-state index is 8.84. The number of nitriles is 1. The number of hydrogen-bond donors (Lipinski definition) is 0. The number of pyridine rings is 1. The van der Waals surface area contributed by atoms with Crippen molar-refractivity contribution in [3.8, 4) is 6.07 Å². The third kappa shape index (κ3) is 2.73. The number of hydrogen-bond acceptors (Lipinski definition) is 3. The van der Waals surface area contributed by atoms with Crippen molar-refractivity contribution in [2.45, 2.75) is 26.2 Å². The minimum atomic E-state index is 0.509. The van der Waals surface area contributed by atoms with E-state index in [-0.39, 0.29) is 0 Å². The van der Waals surface area contributed by atoms with E-state index < -0.39 is 0 Å². The molecule has 0 saturated heterocycles. The highest BCUT2D eigenvalue weighted by atomic mass is 15.2. The lowest BCUT2D eigenvalue weighted by Crippen LogP contribution is -2.27. The van der Waals surface area contributed by atoms with E-state index in [4.69, 9.17) is 5.26 Å². The first-order valence-corrected chi connectivity index (χ1v) is 5.95. The second kappa shape index (κ2) is 4.98. The monoisotopic (exact) mass is 215 g/mol. The molecule has 0 aromatic carbocycles. The molecule has 0 unspecified atom stereocenters. The summed E-state index contributed by atoms with van der Waals surface area (Å²) in [5.41, 5.74) is 0.509. The van der Waals surface area contributed by atoms with E-state index in [0.717, 1.165) is 31.2 Å². The quantitative estimate of drug-likeness (QED) is 0.758. The normalized spacial score (nSPS) is 14.5. The molecule has 0 bridgehead atoms. The van der Waals surface area contributed by atoms with Crippen LogP contribution in [0.2, 0.25) is 0 Å². The van der Waals surface area contributed by atoms with Crippen LogP contribution in [0, 0.1) is 17.2 Å². The van der Waals surface area contributed by atoms with Crippen molar-refractivity contribution in [1.82, 2.24) is 4.98 Å². The summed E-state index contributed by atoms with van der Waals surface area (Å²) in [4.78, 5) is 6.66. The number of rotatable bonds is 5. The molecule has 3 nitrogen and oxygen atoms in total. The van der Waals surface area contributed by atoms with Crippen LogP contribution in [0.1, 0.15) is 31.9 Å². The predicted molar refractivity (Wildman–Crippen MR) is 64.2 cm³/mol. The van der Waals surface area contributed by atoms with E-state index in [1.54, 1.807) is 6.07 Å². The van der Waals surface area contributed by atoms with Crippen LogP contribution in [-0.2, 0) is 0 Å². The molecular weight excluding hydrogens is 198 g/mol. The van der Waals surface area contributed by atoms with Crippen molar-refractivity contribution in [1.29, 1.82) is 5.26 Å². The summed E-state index contributed by atoms with van der Waals surface area (Å²) in [5, 5.41) is 8.84. The van der Waals surface area contributed by atoms with E-state index in [1.165, 1.54) is 12.8 Å². The number of aromatic nitrogens is 1. The van der Waals surface area contributed by atoms with E-state index >= 15 is 0 Å². The summed E-state index contributed by atoms with van der Waals surface area (Å²) in [6.07, 6.45) is 3.81. The van der Waals surface area contributed by atoms with Gasteiger partial charge in [0.2, 0.25) is 0 Å². The fourth-order valence-electron chi connectivity index (χ4n) is 1.84. The van der Waals surface area contributed by atoms with Crippen molar-refractivity contribution < 1.29 is 0 Å². The third-order valence-corrected chi connectivity index (χ3v) is 2.84. The van der Waals surface area contributed by atoms with Gasteiger partial charge in [0.05, 0.1) is 0 Å². The first kappa shape index (κ1) is 10.9. The zero-order chi connectivity index (χ0) is 11.4. The van der Waals surface area contributed by atoms with Crippen molar-refractivity contribution in [3.63, 3.8) is 0 Å². The highest BCUT2D eigenvalue weighted by Crippen LogP contribution is 2.31. The Morgan fingerprint density at radius 2 is 2.31 bits per heavy atom. The molecule has 0 amide bonds. The molecule has 0 spiro atoms. The molecule has 1 aliphatic rings. The van der Waals surface area contributed by atoms with Gasteiger partial charge in [0, 0.05) is 13.1 Å². The molecule has 1 heterocycles. The molecule has 1 saturated carbocycles. The molecule has 1 aromatic heterocycles. The van der Waals surface area contributed by atoms with Gasteiger partial charge < -0.3 is 4.90 Å². The zero-order valence-electron chi connectivity index (χ0n) is 9.69. The Morgan fingerprint density at radius 1 is 1.50 bits per heavy atom. The minimum Gasteiger partial charge on any atom is -0.356 e. The smallest absolute Gasteiger partial charge is 0.142 e. The van der Waals surface area contributed by atoms with Gasteiger partial charge in [-0.1, -0.05) is 13.0 Å². The lowest BCUT2D eigenvalue weighted by atomic mass is 10.3. The predicted octanol–water partition coefficient (Wildman–Crippen LogP) is 2.58. The second-order valence-corrected chi connectivity index (χ2v) is 4.38. The summed E-state index contributed by atoms with van der Waals surface area (Å²) in [6, 6.07) is 7.76. The molecule has 84 valence electrons. The van der Waals surface area contributed by atoms with E-state index in [9.17, 15) is 0 Å². The van der Waals surface area contributed by atoms with Gasteiger partial charge in [-0.3, -0.25) is 0 Å². The summed E-state index contributed by atoms with van der Waals surface area (Å²) in [7, 11) is 0. The molecule has 1 aromatic rings. The van der Waals surface area contributed by atoms with Gasteiger partial charge in [0.1, 0.15) is 17.6 Å². The van der Waals surface area contributed by atoms with Gasteiger partial charge in [-0.2, -0.15) is 5.26 Å². The van der Waals surface area contributed by atoms with Crippen molar-refractivity contribution in [3.05, 3.63) is 23.9 Å². The zero-order valence-corrected chi connectivity index (χ0v) is 9.69. The van der Waals surface area contributed by atoms with Gasteiger partial charge in [-0.05, 0) is 37.3 Å². The average Bonchev–Trinajstić information content (AvgIpc) is 3.12. The summed E-state index contributed by atoms with van der Waals surface area (Å²) in [6.45, 7) is 4.29. The Bertz CT molecular complexity index is 390.